The van der Waals surface area contributed by atoms with Crippen molar-refractivity contribution < 1.29 is 18.7 Å². The van der Waals surface area contributed by atoms with Gasteiger partial charge in [-0.15, -0.1) is 0 Å². The highest BCUT2D eigenvalue weighted by Crippen LogP contribution is 2.36. The van der Waals surface area contributed by atoms with Crippen molar-refractivity contribution in [3.8, 4) is 22.5 Å². The van der Waals surface area contributed by atoms with Crippen molar-refractivity contribution in [1.29, 1.82) is 0 Å². The number of ketones is 1. The number of aliphatic hydroxyl groups is 1. The third-order valence-corrected chi connectivity index (χ3v) is 7.15. The smallest absolute Gasteiger partial charge is 0.197 e. The average molecular weight is 541 g/mol. The van der Waals surface area contributed by atoms with Crippen LogP contribution in [0.1, 0.15) is 28.0 Å². The fraction of sp³-hybridized carbons (Fsp3) is 0.233. The van der Waals surface area contributed by atoms with Crippen LogP contribution in [0.4, 0.5) is 20.2 Å². The zero-order valence-electron chi connectivity index (χ0n) is 21.7. The van der Waals surface area contributed by atoms with E-state index in [0.29, 0.717) is 35.5 Å². The molecule has 0 radical (unpaired) electrons. The van der Waals surface area contributed by atoms with Crippen LogP contribution in [0.15, 0.2) is 61.1 Å². The number of carbonyl (C=O) groups is 1. The van der Waals surface area contributed by atoms with Crippen LogP contribution < -0.4 is 10.6 Å². The Balaban J connectivity index is 1.54. The van der Waals surface area contributed by atoms with Crippen LogP contribution in [0.2, 0.25) is 0 Å². The lowest BCUT2D eigenvalue weighted by Crippen LogP contribution is -2.33. The van der Waals surface area contributed by atoms with Gasteiger partial charge in [0.25, 0.3) is 0 Å². The monoisotopic (exact) mass is 540 g/mol. The molecule has 8 nitrogen and oxygen atoms in total. The van der Waals surface area contributed by atoms with E-state index in [1.807, 2.05) is 17.0 Å². The molecule has 10 heteroatoms. The molecule has 2 aromatic carbocycles. The van der Waals surface area contributed by atoms with Crippen molar-refractivity contribution in [3.05, 3.63) is 101 Å². The Morgan fingerprint density at radius 2 is 1.98 bits per heavy atom. The quantitative estimate of drug-likeness (QED) is 0.259. The van der Waals surface area contributed by atoms with Gasteiger partial charge in [-0.1, -0.05) is 12.1 Å². The summed E-state index contributed by atoms with van der Waals surface area (Å²) in [6.45, 7) is 9.33. The van der Waals surface area contributed by atoms with Crippen LogP contribution in [-0.4, -0.2) is 51.1 Å². The number of aromatic nitrogens is 3. The topological polar surface area (TPSA) is 110 Å². The first kappa shape index (κ1) is 27.0. The van der Waals surface area contributed by atoms with Crippen LogP contribution in [0.25, 0.3) is 27.4 Å². The highest BCUT2D eigenvalue weighted by atomic mass is 19.1. The number of Topliss-reactive ketones (excluding diaryl/α,β-unsaturated/α-hetero) is 1. The molecule has 3 heterocycles. The Kier molecular flexibility index (Phi) is 7.60. The van der Waals surface area contributed by atoms with Gasteiger partial charge >= 0.3 is 0 Å². The lowest BCUT2D eigenvalue weighted by molar-refractivity contribution is 0.0988. The molecule has 40 heavy (non-hydrogen) atoms. The van der Waals surface area contributed by atoms with Gasteiger partial charge in [0.05, 0.1) is 24.8 Å². The summed E-state index contributed by atoms with van der Waals surface area (Å²) >= 11 is 0. The van der Waals surface area contributed by atoms with E-state index in [1.165, 1.54) is 19.2 Å². The summed E-state index contributed by atoms with van der Waals surface area (Å²) in [5.41, 5.74) is 9.45. The predicted octanol–water partition coefficient (Wildman–Crippen LogP) is 4.67. The molecule has 1 aliphatic heterocycles. The van der Waals surface area contributed by atoms with E-state index in [2.05, 4.69) is 19.8 Å². The zero-order chi connectivity index (χ0) is 28.4. The highest BCUT2D eigenvalue weighted by Gasteiger charge is 2.31. The third kappa shape index (κ3) is 5.17. The van der Waals surface area contributed by atoms with Crippen molar-refractivity contribution in [2.75, 3.05) is 18.1 Å². The van der Waals surface area contributed by atoms with Crippen molar-refractivity contribution >= 4 is 17.2 Å². The van der Waals surface area contributed by atoms with Gasteiger partial charge in [-0.3, -0.25) is 9.78 Å². The molecule has 202 valence electrons. The molecule has 0 unspecified atom stereocenters. The summed E-state index contributed by atoms with van der Waals surface area (Å²) < 4.78 is 28.7. The highest BCUT2D eigenvalue weighted by molar-refractivity contribution is 5.97. The van der Waals surface area contributed by atoms with E-state index in [4.69, 9.17) is 12.3 Å². The standard InChI is InChI=1S/C30H26F2N6O2/c1-17-23(31)5-6-24(32)29(17)30-36-10-8-26(37-30)28(40)12-19-4-3-18(22-14-35-9-7-25(22)34-2)11-27(19)38-15-20(33)13-21(38)16-39/h3-11,14,20-21,39H,12-13,15-16,33H2,1H3/t20-,21-/m0/s1. The lowest BCUT2D eigenvalue weighted by atomic mass is 9.98. The molecule has 5 rings (SSSR count). The molecule has 0 bridgehead atoms. The summed E-state index contributed by atoms with van der Waals surface area (Å²) in [6.07, 6.45) is 5.05. The molecule has 1 aliphatic rings. The first-order chi connectivity index (χ1) is 19.3. The molecular weight excluding hydrogens is 514 g/mol. The number of benzene rings is 2. The summed E-state index contributed by atoms with van der Waals surface area (Å²) in [5.74, 6) is -1.71. The Hall–Kier alpha value is -4.59. The maximum absolute atomic E-state index is 14.6. The molecule has 0 spiro atoms. The lowest BCUT2D eigenvalue weighted by Gasteiger charge is -2.28. The van der Waals surface area contributed by atoms with Crippen LogP contribution >= 0.6 is 0 Å². The number of pyridine rings is 1. The van der Waals surface area contributed by atoms with E-state index in [0.717, 1.165) is 17.7 Å². The van der Waals surface area contributed by atoms with Crippen molar-refractivity contribution in [2.45, 2.75) is 31.8 Å². The fourth-order valence-electron chi connectivity index (χ4n) is 5.10. The Morgan fingerprint density at radius 3 is 2.75 bits per heavy atom. The average Bonchev–Trinajstić information content (AvgIpc) is 3.36. The van der Waals surface area contributed by atoms with Crippen LogP contribution in [0.3, 0.4) is 0 Å². The van der Waals surface area contributed by atoms with E-state index in [-0.39, 0.29) is 53.5 Å². The van der Waals surface area contributed by atoms with Crippen molar-refractivity contribution in [2.24, 2.45) is 5.73 Å². The third-order valence-electron chi connectivity index (χ3n) is 7.15. The summed E-state index contributed by atoms with van der Waals surface area (Å²) in [7, 11) is 0. The predicted molar refractivity (Wildman–Crippen MR) is 147 cm³/mol. The molecular formula is C30H26F2N6O2. The minimum atomic E-state index is -0.684. The van der Waals surface area contributed by atoms with Gasteiger partial charge in [0.2, 0.25) is 0 Å². The SMILES string of the molecule is [C-]#[N+]c1ccncc1-c1ccc(CC(=O)c2ccnc(-c3c(F)ccc(F)c3C)n2)c(N2C[C@@H](N)C[C@H]2CO)c1. The normalized spacial score (nSPS) is 16.6. The molecule has 0 saturated carbocycles. The summed E-state index contributed by atoms with van der Waals surface area (Å²) in [4.78, 5) is 31.6. The van der Waals surface area contributed by atoms with Gasteiger partial charge in [-0.05, 0) is 60.4 Å². The Morgan fingerprint density at radius 1 is 1.18 bits per heavy atom. The minimum absolute atomic E-state index is 0.0523. The number of anilines is 1. The number of hydrogen-bond donors (Lipinski definition) is 2. The molecule has 0 amide bonds. The van der Waals surface area contributed by atoms with Crippen LogP contribution in [0, 0.1) is 25.1 Å². The molecule has 3 N–H and O–H groups in total. The van der Waals surface area contributed by atoms with Crippen molar-refractivity contribution in [1.82, 2.24) is 15.0 Å². The van der Waals surface area contributed by atoms with Crippen LogP contribution in [0.5, 0.6) is 0 Å². The number of rotatable bonds is 7. The summed E-state index contributed by atoms with van der Waals surface area (Å²) in [6, 6.07) is 10.2. The van der Waals surface area contributed by atoms with Gasteiger partial charge in [-0.25, -0.2) is 23.6 Å². The van der Waals surface area contributed by atoms with Crippen LogP contribution in [-0.2, 0) is 6.42 Å². The fourth-order valence-corrected chi connectivity index (χ4v) is 5.10. The Labute approximate surface area is 230 Å². The van der Waals surface area contributed by atoms with Gasteiger partial charge in [-0.2, -0.15) is 0 Å². The second kappa shape index (κ2) is 11.3. The molecule has 2 atom stereocenters. The van der Waals surface area contributed by atoms with Gasteiger partial charge in [0.15, 0.2) is 17.3 Å². The first-order valence-corrected chi connectivity index (χ1v) is 12.7. The number of halogens is 2. The largest absolute Gasteiger partial charge is 0.394 e. The summed E-state index contributed by atoms with van der Waals surface area (Å²) in [5, 5.41) is 10.0. The first-order valence-electron chi connectivity index (χ1n) is 12.7. The molecule has 1 fully saturated rings. The van der Waals surface area contributed by atoms with Crippen molar-refractivity contribution in [3.63, 3.8) is 0 Å². The van der Waals surface area contributed by atoms with E-state index in [1.54, 1.807) is 24.5 Å². The maximum atomic E-state index is 14.6. The maximum Gasteiger partial charge on any atom is 0.197 e. The number of aliphatic hydroxyl groups excluding tert-OH is 1. The molecule has 0 aliphatic carbocycles. The zero-order valence-corrected chi connectivity index (χ0v) is 21.7. The van der Waals surface area contributed by atoms with Gasteiger partial charge in [0.1, 0.15) is 17.3 Å². The minimum Gasteiger partial charge on any atom is -0.394 e. The number of nitrogens with two attached hydrogens (primary N) is 1. The number of hydrogen-bond acceptors (Lipinski definition) is 7. The number of carbonyl (C=O) groups excluding carboxylic acids is 1. The van der Waals surface area contributed by atoms with E-state index >= 15 is 0 Å². The Bertz CT molecular complexity index is 1640. The molecule has 2 aromatic heterocycles. The molecule has 4 aromatic rings. The van der Waals surface area contributed by atoms with Gasteiger partial charge < -0.3 is 15.7 Å². The number of nitrogens with zero attached hydrogens (tertiary/aromatic N) is 5. The molecule has 1 saturated heterocycles. The van der Waals surface area contributed by atoms with E-state index < -0.39 is 11.6 Å². The van der Waals surface area contributed by atoms with E-state index in [9.17, 15) is 18.7 Å². The van der Waals surface area contributed by atoms with Gasteiger partial charge in [0, 0.05) is 48.8 Å². The second-order valence-electron chi connectivity index (χ2n) is 9.73. The second-order valence-corrected chi connectivity index (χ2v) is 9.73.